The van der Waals surface area contributed by atoms with Crippen LogP contribution in [0.4, 0.5) is 5.69 Å². The Morgan fingerprint density at radius 3 is 2.84 bits per heavy atom. The number of anilines is 1. The van der Waals surface area contributed by atoms with E-state index < -0.39 is 5.97 Å². The third kappa shape index (κ3) is 2.07. The first-order chi connectivity index (χ1) is 9.20. The maximum atomic E-state index is 11.6. The van der Waals surface area contributed by atoms with E-state index in [0.717, 1.165) is 15.6 Å². The summed E-state index contributed by atoms with van der Waals surface area (Å²) in [7, 11) is 1.35. The third-order valence-corrected chi connectivity index (χ3v) is 4.18. The molecule has 1 saturated heterocycles. The second kappa shape index (κ2) is 4.80. The van der Waals surface area contributed by atoms with Crippen LogP contribution in [0.5, 0.6) is 0 Å². The van der Waals surface area contributed by atoms with Crippen LogP contribution in [0.2, 0.25) is 0 Å². The predicted octanol–water partition coefficient (Wildman–Crippen LogP) is 2.32. The zero-order valence-electron chi connectivity index (χ0n) is 10.3. The van der Waals surface area contributed by atoms with Gasteiger partial charge in [-0.1, -0.05) is 6.07 Å². The lowest BCUT2D eigenvalue weighted by atomic mass is 10.1. The Morgan fingerprint density at radius 2 is 2.16 bits per heavy atom. The van der Waals surface area contributed by atoms with Crippen molar-refractivity contribution >= 4 is 33.1 Å². The first kappa shape index (κ1) is 12.4. The number of nitrogens with two attached hydrogens (primary N) is 1. The number of fused-ring (bicyclic) bond motifs is 1. The van der Waals surface area contributed by atoms with Crippen LogP contribution in [0.3, 0.4) is 0 Å². The zero-order chi connectivity index (χ0) is 13.4. The molecule has 0 bridgehead atoms. The minimum absolute atomic E-state index is 0.342. The molecule has 1 aliphatic heterocycles. The number of thiophene rings is 1. The fourth-order valence-corrected chi connectivity index (χ4v) is 3.10. The van der Waals surface area contributed by atoms with E-state index in [9.17, 15) is 4.79 Å². The summed E-state index contributed by atoms with van der Waals surface area (Å²) < 4.78 is 16.6. The minimum atomic E-state index is -0.409. The number of benzene rings is 1. The van der Waals surface area contributed by atoms with Crippen LogP contribution in [-0.2, 0) is 14.2 Å². The lowest BCUT2D eigenvalue weighted by Crippen LogP contribution is -2.01. The van der Waals surface area contributed by atoms with Crippen LogP contribution >= 0.6 is 11.3 Å². The molecule has 1 fully saturated rings. The molecule has 2 N–H and O–H groups in total. The molecule has 6 heteroatoms. The first-order valence-electron chi connectivity index (χ1n) is 5.84. The molecule has 5 nitrogen and oxygen atoms in total. The number of methoxy groups -OCH3 is 1. The van der Waals surface area contributed by atoms with Gasteiger partial charge < -0.3 is 19.9 Å². The highest BCUT2D eigenvalue weighted by atomic mass is 32.1. The highest BCUT2D eigenvalue weighted by Gasteiger charge is 2.21. The Balaban J connectivity index is 2.07. The minimum Gasteiger partial charge on any atom is -0.465 e. The SMILES string of the molecule is COC(=O)c1sc2ccc(C3OCCO3)cc2c1N. The fourth-order valence-electron chi connectivity index (χ4n) is 2.08. The number of rotatable bonds is 2. The van der Waals surface area contributed by atoms with E-state index in [4.69, 9.17) is 19.9 Å². The average molecular weight is 279 g/mol. The number of ether oxygens (including phenoxy) is 3. The summed E-state index contributed by atoms with van der Waals surface area (Å²) in [6, 6.07) is 5.75. The van der Waals surface area contributed by atoms with Crippen LogP contribution in [0.1, 0.15) is 21.5 Å². The lowest BCUT2D eigenvalue weighted by molar-refractivity contribution is -0.0440. The molecule has 0 saturated carbocycles. The van der Waals surface area contributed by atoms with E-state index in [0.29, 0.717) is 23.8 Å². The summed E-state index contributed by atoms with van der Waals surface area (Å²) >= 11 is 1.33. The van der Waals surface area contributed by atoms with Crippen LogP contribution in [0.25, 0.3) is 10.1 Å². The number of esters is 1. The van der Waals surface area contributed by atoms with Gasteiger partial charge in [0.25, 0.3) is 0 Å². The summed E-state index contributed by atoms with van der Waals surface area (Å²) in [6.45, 7) is 1.18. The average Bonchev–Trinajstić information content (AvgIpc) is 3.06. The van der Waals surface area contributed by atoms with Crippen molar-refractivity contribution in [3.63, 3.8) is 0 Å². The van der Waals surface area contributed by atoms with Crippen LogP contribution < -0.4 is 5.73 Å². The van der Waals surface area contributed by atoms with Gasteiger partial charge in [0.15, 0.2) is 6.29 Å². The molecule has 0 atom stereocenters. The van der Waals surface area contributed by atoms with E-state index in [1.165, 1.54) is 18.4 Å². The van der Waals surface area contributed by atoms with Gasteiger partial charge in [0.05, 0.1) is 26.0 Å². The van der Waals surface area contributed by atoms with Crippen molar-refractivity contribution in [1.82, 2.24) is 0 Å². The highest BCUT2D eigenvalue weighted by molar-refractivity contribution is 7.21. The molecule has 1 aliphatic rings. The summed E-state index contributed by atoms with van der Waals surface area (Å²) in [5.41, 5.74) is 7.37. The second-order valence-electron chi connectivity index (χ2n) is 4.17. The maximum Gasteiger partial charge on any atom is 0.350 e. The van der Waals surface area contributed by atoms with Crippen molar-refractivity contribution in [1.29, 1.82) is 0 Å². The quantitative estimate of drug-likeness (QED) is 0.854. The maximum absolute atomic E-state index is 11.6. The fraction of sp³-hybridized carbons (Fsp3) is 0.308. The molecule has 1 aromatic carbocycles. The monoisotopic (exact) mass is 279 g/mol. The summed E-state index contributed by atoms with van der Waals surface area (Å²) in [5, 5.41) is 0.835. The molecule has 3 rings (SSSR count). The van der Waals surface area contributed by atoms with Crippen molar-refractivity contribution < 1.29 is 19.0 Å². The molecule has 19 heavy (non-hydrogen) atoms. The molecule has 1 aromatic heterocycles. The molecule has 0 radical (unpaired) electrons. The molecule has 2 aromatic rings. The molecule has 100 valence electrons. The second-order valence-corrected chi connectivity index (χ2v) is 5.22. The van der Waals surface area contributed by atoms with Gasteiger partial charge in [-0.05, 0) is 12.1 Å². The van der Waals surface area contributed by atoms with E-state index >= 15 is 0 Å². The van der Waals surface area contributed by atoms with Gasteiger partial charge >= 0.3 is 5.97 Å². The van der Waals surface area contributed by atoms with Gasteiger partial charge in [-0.25, -0.2) is 4.79 Å². The van der Waals surface area contributed by atoms with Gasteiger partial charge in [-0.15, -0.1) is 11.3 Å². The standard InChI is InChI=1S/C13H13NO4S/c1-16-12(15)11-10(14)8-6-7(2-3-9(8)19-11)13-17-4-5-18-13/h2-3,6,13H,4-5,14H2,1H3. The number of hydrogen-bond acceptors (Lipinski definition) is 6. The van der Waals surface area contributed by atoms with Crippen LogP contribution in [0, 0.1) is 0 Å². The Morgan fingerprint density at radius 1 is 1.42 bits per heavy atom. The molecule has 0 unspecified atom stereocenters. The van der Waals surface area contributed by atoms with E-state index in [1.54, 1.807) is 0 Å². The summed E-state index contributed by atoms with van der Waals surface area (Å²) in [6.07, 6.45) is -0.342. The molecule has 0 amide bonds. The van der Waals surface area contributed by atoms with Crippen molar-refractivity contribution in [2.75, 3.05) is 26.1 Å². The van der Waals surface area contributed by atoms with Crippen molar-refractivity contribution in [3.8, 4) is 0 Å². The highest BCUT2D eigenvalue weighted by Crippen LogP contribution is 2.36. The molecule has 0 spiro atoms. The predicted molar refractivity (Wildman–Crippen MR) is 72.2 cm³/mol. The van der Waals surface area contributed by atoms with Crippen molar-refractivity contribution in [3.05, 3.63) is 28.6 Å². The normalized spacial score (nSPS) is 16.1. The molecule has 2 heterocycles. The third-order valence-electron chi connectivity index (χ3n) is 3.02. The van der Waals surface area contributed by atoms with Crippen molar-refractivity contribution in [2.45, 2.75) is 6.29 Å². The first-order valence-corrected chi connectivity index (χ1v) is 6.66. The summed E-state index contributed by atoms with van der Waals surface area (Å²) in [5.74, 6) is -0.409. The van der Waals surface area contributed by atoms with Gasteiger partial charge in [-0.2, -0.15) is 0 Å². The smallest absolute Gasteiger partial charge is 0.350 e. The Hall–Kier alpha value is -1.63. The van der Waals surface area contributed by atoms with E-state index in [-0.39, 0.29) is 6.29 Å². The molecular weight excluding hydrogens is 266 g/mol. The van der Waals surface area contributed by atoms with E-state index in [2.05, 4.69) is 0 Å². The number of carbonyl (C=O) groups excluding carboxylic acids is 1. The zero-order valence-corrected chi connectivity index (χ0v) is 11.2. The number of nitrogen functional groups attached to an aromatic ring is 1. The Bertz CT molecular complexity index is 631. The molecule has 0 aliphatic carbocycles. The van der Waals surface area contributed by atoms with Crippen molar-refractivity contribution in [2.24, 2.45) is 0 Å². The van der Waals surface area contributed by atoms with Gasteiger partial charge in [-0.3, -0.25) is 0 Å². The lowest BCUT2D eigenvalue weighted by Gasteiger charge is -2.09. The van der Waals surface area contributed by atoms with Crippen LogP contribution in [0.15, 0.2) is 18.2 Å². The number of carbonyl (C=O) groups is 1. The van der Waals surface area contributed by atoms with Gasteiger partial charge in [0.1, 0.15) is 4.88 Å². The van der Waals surface area contributed by atoms with Gasteiger partial charge in [0, 0.05) is 15.6 Å². The van der Waals surface area contributed by atoms with E-state index in [1.807, 2.05) is 18.2 Å². The molecular formula is C13H13NO4S. The Labute approximate surface area is 113 Å². The number of hydrogen-bond donors (Lipinski definition) is 1. The largest absolute Gasteiger partial charge is 0.465 e. The van der Waals surface area contributed by atoms with Crippen LogP contribution in [-0.4, -0.2) is 26.3 Å². The Kier molecular flexibility index (Phi) is 3.14. The van der Waals surface area contributed by atoms with Gasteiger partial charge in [0.2, 0.25) is 0 Å². The summed E-state index contributed by atoms with van der Waals surface area (Å²) in [4.78, 5) is 12.0. The topological polar surface area (TPSA) is 70.8 Å².